The highest BCUT2D eigenvalue weighted by atomic mass is 32.1. The summed E-state index contributed by atoms with van der Waals surface area (Å²) in [7, 11) is 0. The maximum absolute atomic E-state index is 9.03. The van der Waals surface area contributed by atoms with Gasteiger partial charge in [0.25, 0.3) is 0 Å². The van der Waals surface area contributed by atoms with Gasteiger partial charge in [-0.3, -0.25) is 9.69 Å². The molecule has 0 radical (unpaired) electrons. The Hall–Kier alpha value is -3.01. The van der Waals surface area contributed by atoms with Gasteiger partial charge in [0.15, 0.2) is 5.82 Å². The third-order valence-electron chi connectivity index (χ3n) is 4.21. The highest BCUT2D eigenvalue weighted by Crippen LogP contribution is 2.28. The minimum absolute atomic E-state index is 0.0293. The summed E-state index contributed by atoms with van der Waals surface area (Å²) in [5.41, 5.74) is 9.25. The Morgan fingerprint density at radius 2 is 2.15 bits per heavy atom. The molecule has 0 saturated carbocycles. The lowest BCUT2D eigenvalue weighted by Crippen LogP contribution is -2.31. The molecular formula is C18H19N7OS. The second kappa shape index (κ2) is 7.31. The van der Waals surface area contributed by atoms with Gasteiger partial charge in [-0.2, -0.15) is 5.10 Å². The number of fused-ring (bicyclic) bond motifs is 1. The molecule has 0 saturated heterocycles. The highest BCUT2D eigenvalue weighted by Gasteiger charge is 2.14. The Morgan fingerprint density at radius 1 is 1.26 bits per heavy atom. The fourth-order valence-corrected chi connectivity index (χ4v) is 3.77. The van der Waals surface area contributed by atoms with Crippen molar-refractivity contribution in [2.24, 2.45) is 5.84 Å². The summed E-state index contributed by atoms with van der Waals surface area (Å²) >= 11 is 1.59. The summed E-state index contributed by atoms with van der Waals surface area (Å²) in [6.07, 6.45) is 5.32. The monoisotopic (exact) mass is 381 g/mol. The van der Waals surface area contributed by atoms with E-state index < -0.39 is 0 Å². The second-order valence-electron chi connectivity index (χ2n) is 6.07. The molecule has 0 aliphatic rings. The molecule has 138 valence electrons. The van der Waals surface area contributed by atoms with Crippen LogP contribution in [0.25, 0.3) is 21.5 Å². The number of aromatic nitrogens is 4. The summed E-state index contributed by atoms with van der Waals surface area (Å²) in [6.45, 7) is 0.932. The van der Waals surface area contributed by atoms with Gasteiger partial charge in [-0.25, -0.2) is 15.8 Å². The van der Waals surface area contributed by atoms with Gasteiger partial charge in [0, 0.05) is 23.3 Å². The maximum atomic E-state index is 9.03. The van der Waals surface area contributed by atoms with Gasteiger partial charge in [-0.05, 0) is 29.1 Å². The molecule has 8 nitrogen and oxygen atoms in total. The number of hydrogen-bond donors (Lipinski definition) is 3. The first kappa shape index (κ1) is 17.4. The van der Waals surface area contributed by atoms with Gasteiger partial charge in [-0.15, -0.1) is 11.3 Å². The minimum Gasteiger partial charge on any atom is -0.396 e. The third kappa shape index (κ3) is 3.47. The van der Waals surface area contributed by atoms with Crippen LogP contribution in [0, 0.1) is 0 Å². The molecule has 9 heteroatoms. The Balaban J connectivity index is 1.62. The Kier molecular flexibility index (Phi) is 4.71. The summed E-state index contributed by atoms with van der Waals surface area (Å²) in [5, 5.41) is 17.9. The molecule has 4 aromatic heterocycles. The first-order valence-electron chi connectivity index (χ1n) is 8.39. The van der Waals surface area contributed by atoms with E-state index in [9.17, 15) is 0 Å². The average molecular weight is 381 g/mol. The fourth-order valence-electron chi connectivity index (χ4n) is 2.87. The normalized spacial score (nSPS) is 11.2. The molecule has 4 rings (SSSR count). The van der Waals surface area contributed by atoms with Crippen molar-refractivity contribution in [3.63, 3.8) is 0 Å². The first-order valence-corrected chi connectivity index (χ1v) is 9.27. The number of thiophene rings is 1. The number of hydrazine groups is 1. The van der Waals surface area contributed by atoms with Crippen LogP contribution in [0.15, 0.2) is 48.2 Å². The van der Waals surface area contributed by atoms with Gasteiger partial charge in [0.2, 0.25) is 0 Å². The quantitative estimate of drug-likeness (QED) is 0.345. The zero-order valence-corrected chi connectivity index (χ0v) is 15.3. The number of aliphatic hydroxyl groups is 1. The van der Waals surface area contributed by atoms with E-state index >= 15 is 0 Å². The van der Waals surface area contributed by atoms with Crippen LogP contribution < -0.4 is 16.6 Å². The Morgan fingerprint density at radius 3 is 3.00 bits per heavy atom. The minimum atomic E-state index is 0.0293. The zero-order chi connectivity index (χ0) is 18.8. The molecule has 0 aliphatic heterocycles. The standard InChI is InChI=1S/C18H19N7OS/c19-15-3-4-16(12-8-22-24(9-12)6-7-26)23-17(15)25(20)10-13-11-27-18-14(13)2-1-5-21-18/h1-5,8-9,11,26H,6-7,10,19-20H2. The molecule has 4 heterocycles. The molecule has 0 aromatic carbocycles. The number of nitrogens with two attached hydrogens (primary N) is 2. The molecule has 0 amide bonds. The molecule has 5 N–H and O–H groups in total. The molecule has 0 atom stereocenters. The molecule has 0 unspecified atom stereocenters. The summed E-state index contributed by atoms with van der Waals surface area (Å²) in [5.74, 6) is 6.80. The van der Waals surface area contributed by atoms with E-state index in [1.807, 2.05) is 24.4 Å². The van der Waals surface area contributed by atoms with Crippen LogP contribution in [0.1, 0.15) is 5.56 Å². The number of pyridine rings is 2. The fraction of sp³-hybridized carbons (Fsp3) is 0.167. The predicted octanol–water partition coefficient (Wildman–Crippen LogP) is 2.01. The van der Waals surface area contributed by atoms with Crippen LogP contribution in [0.4, 0.5) is 11.5 Å². The van der Waals surface area contributed by atoms with E-state index in [4.69, 9.17) is 16.7 Å². The lowest BCUT2D eigenvalue weighted by Gasteiger charge is -2.19. The van der Waals surface area contributed by atoms with Crippen molar-refractivity contribution in [3.8, 4) is 11.3 Å². The smallest absolute Gasteiger partial charge is 0.166 e. The SMILES string of the molecule is Nc1ccc(-c2cnn(CCO)c2)nc1N(N)Cc1csc2ncccc12. The highest BCUT2D eigenvalue weighted by molar-refractivity contribution is 7.16. The van der Waals surface area contributed by atoms with Crippen LogP contribution >= 0.6 is 11.3 Å². The number of anilines is 2. The van der Waals surface area contributed by atoms with Crippen molar-refractivity contribution >= 4 is 33.1 Å². The van der Waals surface area contributed by atoms with Crippen LogP contribution in [0.5, 0.6) is 0 Å². The summed E-state index contributed by atoms with van der Waals surface area (Å²) in [6, 6.07) is 7.56. The van der Waals surface area contributed by atoms with Gasteiger partial charge < -0.3 is 10.8 Å². The van der Waals surface area contributed by atoms with Crippen molar-refractivity contribution in [1.82, 2.24) is 19.7 Å². The number of rotatable bonds is 6. The van der Waals surface area contributed by atoms with E-state index in [0.717, 1.165) is 27.0 Å². The molecule has 0 fully saturated rings. The van der Waals surface area contributed by atoms with Crippen molar-refractivity contribution in [2.75, 3.05) is 17.3 Å². The van der Waals surface area contributed by atoms with Crippen molar-refractivity contribution < 1.29 is 5.11 Å². The van der Waals surface area contributed by atoms with Crippen molar-refractivity contribution in [2.45, 2.75) is 13.1 Å². The number of nitrogen functional groups attached to an aromatic ring is 1. The predicted molar refractivity (Wildman–Crippen MR) is 107 cm³/mol. The van der Waals surface area contributed by atoms with Gasteiger partial charge in [0.1, 0.15) is 4.83 Å². The Labute approximate surface area is 159 Å². The molecule has 4 aromatic rings. The van der Waals surface area contributed by atoms with E-state index in [1.54, 1.807) is 39.5 Å². The number of hydrogen-bond acceptors (Lipinski definition) is 8. The Bertz CT molecular complexity index is 1070. The lowest BCUT2D eigenvalue weighted by atomic mass is 10.2. The van der Waals surface area contributed by atoms with E-state index in [1.165, 1.54) is 0 Å². The van der Waals surface area contributed by atoms with Gasteiger partial charge in [0.05, 0.1) is 37.3 Å². The van der Waals surface area contributed by atoms with Gasteiger partial charge >= 0.3 is 0 Å². The van der Waals surface area contributed by atoms with E-state index in [2.05, 4.69) is 20.4 Å². The second-order valence-corrected chi connectivity index (χ2v) is 6.93. The molecule has 0 aliphatic carbocycles. The van der Waals surface area contributed by atoms with Crippen molar-refractivity contribution in [1.29, 1.82) is 0 Å². The van der Waals surface area contributed by atoms with Gasteiger partial charge in [-0.1, -0.05) is 6.07 Å². The van der Waals surface area contributed by atoms with Crippen molar-refractivity contribution in [3.05, 3.63) is 53.8 Å². The molecular weight excluding hydrogens is 362 g/mol. The zero-order valence-electron chi connectivity index (χ0n) is 14.5. The number of nitrogens with zero attached hydrogens (tertiary/aromatic N) is 5. The number of aliphatic hydroxyl groups excluding tert-OH is 1. The summed E-state index contributed by atoms with van der Waals surface area (Å²) < 4.78 is 1.66. The molecule has 27 heavy (non-hydrogen) atoms. The van der Waals surface area contributed by atoms with Crippen LogP contribution in [-0.4, -0.2) is 31.5 Å². The molecule has 0 bridgehead atoms. The lowest BCUT2D eigenvalue weighted by molar-refractivity contribution is 0.269. The molecule has 0 spiro atoms. The van der Waals surface area contributed by atoms with Crippen LogP contribution in [0.2, 0.25) is 0 Å². The topological polar surface area (TPSA) is 119 Å². The average Bonchev–Trinajstić information content (AvgIpc) is 3.30. The van der Waals surface area contributed by atoms with E-state index in [0.29, 0.717) is 24.6 Å². The van der Waals surface area contributed by atoms with E-state index in [-0.39, 0.29) is 6.61 Å². The first-order chi connectivity index (χ1) is 13.2. The largest absolute Gasteiger partial charge is 0.396 e. The van der Waals surface area contributed by atoms with Crippen LogP contribution in [-0.2, 0) is 13.1 Å². The maximum Gasteiger partial charge on any atom is 0.166 e. The summed E-state index contributed by atoms with van der Waals surface area (Å²) in [4.78, 5) is 9.97. The third-order valence-corrected chi connectivity index (χ3v) is 5.16. The van der Waals surface area contributed by atoms with Crippen LogP contribution in [0.3, 0.4) is 0 Å².